The molecule has 0 radical (unpaired) electrons. The fourth-order valence-electron chi connectivity index (χ4n) is 9.71. The number of fused-ring (bicyclic) bond motifs is 2. The number of carbonyl (C=O) groups excluding carboxylic acids is 3. The molecule has 4 aliphatic rings. The zero-order valence-corrected chi connectivity index (χ0v) is 34.9. The van der Waals surface area contributed by atoms with Crippen molar-refractivity contribution in [1.29, 1.82) is 0 Å². The maximum Gasteiger partial charge on any atom is 0.329 e. The number of imide groups is 1. The molecule has 2 N–H and O–H groups in total. The van der Waals surface area contributed by atoms with Crippen LogP contribution in [0.1, 0.15) is 97.9 Å². The molecule has 62 heavy (non-hydrogen) atoms. The lowest BCUT2D eigenvalue weighted by atomic mass is 9.85. The molecule has 3 aliphatic heterocycles. The Labute approximate surface area is 356 Å². The lowest BCUT2D eigenvalue weighted by Crippen LogP contribution is -2.44. The molecule has 1 aliphatic carbocycles. The molecule has 17 nitrogen and oxygen atoms in total. The van der Waals surface area contributed by atoms with Gasteiger partial charge in [0.05, 0.1) is 48.3 Å². The number of ether oxygens (including phenoxy) is 2. The summed E-state index contributed by atoms with van der Waals surface area (Å²) in [5, 5.41) is 13.6. The number of hydrogen-bond donors (Lipinski definition) is 2. The van der Waals surface area contributed by atoms with E-state index in [1.807, 2.05) is 24.3 Å². The summed E-state index contributed by atoms with van der Waals surface area (Å²) in [7, 11) is 1.72. The number of imidazole rings is 1. The average Bonchev–Trinajstić information content (AvgIpc) is 3.98. The van der Waals surface area contributed by atoms with Crippen molar-refractivity contribution < 1.29 is 32.6 Å². The summed E-state index contributed by atoms with van der Waals surface area (Å²) in [6, 6.07) is 6.86. The largest absolute Gasteiger partial charge is 0.378 e. The zero-order valence-electron chi connectivity index (χ0n) is 34.9. The molecule has 4 aromatic heterocycles. The summed E-state index contributed by atoms with van der Waals surface area (Å²) < 4.78 is 46.5. The number of carbonyl (C=O) groups is 3. The monoisotopic (exact) mass is 857 g/mol. The third kappa shape index (κ3) is 8.61. The number of nitrogens with one attached hydrogen (secondary N) is 2. The number of benzene rings is 1. The Morgan fingerprint density at radius 1 is 1.02 bits per heavy atom. The van der Waals surface area contributed by atoms with Gasteiger partial charge in [0.15, 0.2) is 11.3 Å². The second-order valence-corrected chi connectivity index (χ2v) is 17.0. The lowest BCUT2D eigenvalue weighted by molar-refractivity contribution is -0.135. The molecule has 0 bridgehead atoms. The van der Waals surface area contributed by atoms with Gasteiger partial charge in [-0.2, -0.15) is 10.2 Å². The molecule has 1 aromatic carbocycles. The van der Waals surface area contributed by atoms with E-state index in [0.717, 1.165) is 82.1 Å². The van der Waals surface area contributed by atoms with Gasteiger partial charge < -0.3 is 24.6 Å². The molecule has 1 saturated carbocycles. The predicted octanol–water partition coefficient (Wildman–Crippen LogP) is 4.43. The van der Waals surface area contributed by atoms with Crippen LogP contribution in [0.3, 0.4) is 0 Å². The van der Waals surface area contributed by atoms with Crippen molar-refractivity contribution >= 4 is 45.9 Å². The molecule has 1 atom stereocenters. The van der Waals surface area contributed by atoms with Crippen LogP contribution in [0.4, 0.5) is 20.3 Å². The molecule has 330 valence electrons. The molecule has 4 fully saturated rings. The third-order valence-electron chi connectivity index (χ3n) is 13.0. The van der Waals surface area contributed by atoms with Gasteiger partial charge in [-0.15, -0.1) is 0 Å². The highest BCUT2D eigenvalue weighted by Gasteiger charge is 2.33. The number of halogens is 2. The van der Waals surface area contributed by atoms with E-state index >= 15 is 0 Å². The predicted molar refractivity (Wildman–Crippen MR) is 224 cm³/mol. The first kappa shape index (κ1) is 41.8. The smallest absolute Gasteiger partial charge is 0.329 e. The summed E-state index contributed by atoms with van der Waals surface area (Å²) >= 11 is 0. The summed E-state index contributed by atoms with van der Waals surface area (Å²) in [5.74, 6) is -0.134. The molecular weight excluding hydrogens is 805 g/mol. The standard InChI is InChI=1S/C43H53F2N11O6/c1-51-38-28(4-2-6-33(38)56(43(51)60)34-11-12-36(57)49-42(34)59)5-3-21-62-30-13-16-52(17-14-30)25-27-7-9-29(10-8-27)55-26-32(37(50-55)39(44)45)47-41(58)31-24-46-54-18-15-35(48-40(31)54)53-19-22-61-23-20-53/h2,4,6,15,18,24,26-27,29-30,34,39H,3,5,7-14,16-17,19-23,25H2,1H3,(H,47,58)(H,49,57,59)/t27?,29?,34-/m0/s1. The number of piperidine rings is 2. The molecule has 0 spiro atoms. The van der Waals surface area contributed by atoms with Gasteiger partial charge in [-0.1, -0.05) is 12.1 Å². The van der Waals surface area contributed by atoms with E-state index < -0.39 is 30.0 Å². The topological polar surface area (TPSA) is 175 Å². The van der Waals surface area contributed by atoms with Crippen molar-refractivity contribution in [2.75, 3.05) is 62.8 Å². The van der Waals surface area contributed by atoms with E-state index in [-0.39, 0.29) is 41.4 Å². The third-order valence-corrected chi connectivity index (χ3v) is 13.0. The number of hydrogen-bond acceptors (Lipinski definition) is 11. The van der Waals surface area contributed by atoms with Crippen molar-refractivity contribution in [3.05, 3.63) is 70.2 Å². The van der Waals surface area contributed by atoms with Crippen molar-refractivity contribution in [3.63, 3.8) is 0 Å². The van der Waals surface area contributed by atoms with Crippen molar-refractivity contribution in [1.82, 2.24) is 43.7 Å². The van der Waals surface area contributed by atoms with Gasteiger partial charge in [0.25, 0.3) is 12.3 Å². The van der Waals surface area contributed by atoms with Crippen LogP contribution in [0.25, 0.3) is 16.7 Å². The summed E-state index contributed by atoms with van der Waals surface area (Å²) in [4.78, 5) is 60.3. The van der Waals surface area contributed by atoms with Gasteiger partial charge in [-0.25, -0.2) is 23.1 Å². The number of para-hydroxylation sites is 1. The average molecular weight is 858 g/mol. The maximum absolute atomic E-state index is 14.3. The van der Waals surface area contributed by atoms with E-state index in [1.165, 1.54) is 21.5 Å². The minimum atomic E-state index is -2.86. The quantitative estimate of drug-likeness (QED) is 0.127. The fraction of sp³-hybridized carbons (Fsp3) is 0.558. The van der Waals surface area contributed by atoms with E-state index in [4.69, 9.17) is 9.47 Å². The lowest BCUT2D eigenvalue weighted by Gasteiger charge is -2.36. The van der Waals surface area contributed by atoms with Crippen molar-refractivity contribution in [2.24, 2.45) is 13.0 Å². The highest BCUT2D eigenvalue weighted by molar-refractivity contribution is 6.08. The number of morpholine rings is 1. The number of alkyl halides is 2. The Bertz CT molecular complexity index is 2490. The number of rotatable bonds is 13. The highest BCUT2D eigenvalue weighted by Crippen LogP contribution is 2.36. The molecular formula is C43H53F2N11O6. The first-order valence-electron chi connectivity index (χ1n) is 21.8. The van der Waals surface area contributed by atoms with Crippen LogP contribution in [0.2, 0.25) is 0 Å². The van der Waals surface area contributed by atoms with Gasteiger partial charge in [0.1, 0.15) is 17.4 Å². The number of amides is 3. The second-order valence-electron chi connectivity index (χ2n) is 17.0. The van der Waals surface area contributed by atoms with Crippen molar-refractivity contribution in [2.45, 2.75) is 88.8 Å². The van der Waals surface area contributed by atoms with E-state index in [2.05, 4.69) is 35.6 Å². The number of nitrogens with zero attached hydrogens (tertiary/aromatic N) is 9. The molecule has 19 heteroatoms. The van der Waals surface area contributed by atoms with Crippen LogP contribution in [-0.2, 0) is 32.5 Å². The van der Waals surface area contributed by atoms with Crippen molar-refractivity contribution in [3.8, 4) is 0 Å². The van der Waals surface area contributed by atoms with Crippen LogP contribution in [0.5, 0.6) is 0 Å². The Kier molecular flexibility index (Phi) is 12.2. The maximum atomic E-state index is 14.3. The Hall–Kier alpha value is -5.53. The van der Waals surface area contributed by atoms with Crippen LogP contribution >= 0.6 is 0 Å². The Morgan fingerprint density at radius 3 is 2.56 bits per heavy atom. The van der Waals surface area contributed by atoms with E-state index in [1.54, 1.807) is 22.5 Å². The molecule has 9 rings (SSSR count). The van der Waals surface area contributed by atoms with Crippen LogP contribution < -0.4 is 21.2 Å². The molecule has 5 aromatic rings. The Morgan fingerprint density at radius 2 is 1.81 bits per heavy atom. The van der Waals surface area contributed by atoms with Gasteiger partial charge in [-0.05, 0) is 81.4 Å². The molecule has 7 heterocycles. The molecule has 3 amide bonds. The fourth-order valence-corrected chi connectivity index (χ4v) is 9.71. The number of anilines is 2. The van der Waals surface area contributed by atoms with Gasteiger partial charge in [-0.3, -0.25) is 33.5 Å². The van der Waals surface area contributed by atoms with Crippen LogP contribution in [-0.4, -0.2) is 115 Å². The minimum Gasteiger partial charge on any atom is -0.378 e. The minimum absolute atomic E-state index is 0.00747. The normalized spacial score (nSPS) is 21.9. The molecule has 3 saturated heterocycles. The van der Waals surface area contributed by atoms with Gasteiger partial charge >= 0.3 is 5.69 Å². The highest BCUT2D eigenvalue weighted by atomic mass is 19.3. The Balaban J connectivity index is 0.729. The van der Waals surface area contributed by atoms with Crippen LogP contribution in [0, 0.1) is 5.92 Å². The number of aryl methyl sites for hydroxylation is 2. The zero-order chi connectivity index (χ0) is 42.9. The summed E-state index contributed by atoms with van der Waals surface area (Å²) in [5.41, 5.74) is 2.32. The molecule has 0 unspecified atom stereocenters. The van der Waals surface area contributed by atoms with Crippen LogP contribution in [0.15, 0.2) is 47.7 Å². The van der Waals surface area contributed by atoms with Gasteiger partial charge in [0, 0.05) is 65.2 Å². The first-order valence-corrected chi connectivity index (χ1v) is 21.8. The number of likely N-dealkylation sites (tertiary alicyclic amines) is 1. The number of aromatic nitrogens is 7. The SMILES string of the molecule is Cn1c(=O)n([C@H]2CCC(=O)NC2=O)c2cccc(CCCOC3CCN(CC4CCC(n5cc(NC(=O)c6cnn7ccc(N8CCOCC8)nc67)c(C(F)F)n5)CC4)CC3)c21. The summed E-state index contributed by atoms with van der Waals surface area (Å²) in [6.07, 6.45) is 9.46. The van der Waals surface area contributed by atoms with Gasteiger partial charge in [0.2, 0.25) is 11.8 Å². The summed E-state index contributed by atoms with van der Waals surface area (Å²) in [6.45, 7) is 6.03. The first-order chi connectivity index (χ1) is 30.1. The second kappa shape index (κ2) is 18.1. The van der Waals surface area contributed by atoms with E-state index in [9.17, 15) is 28.0 Å². The van der Waals surface area contributed by atoms with E-state index in [0.29, 0.717) is 62.2 Å².